The van der Waals surface area contributed by atoms with Crippen molar-refractivity contribution in [2.24, 2.45) is 0 Å². The minimum Gasteiger partial charge on any atom is -0.376 e. The Bertz CT molecular complexity index is 833. The van der Waals surface area contributed by atoms with Gasteiger partial charge in [-0.15, -0.1) is 0 Å². The maximum atomic E-state index is 13.0. The maximum Gasteiger partial charge on any atom is 0.267 e. The van der Waals surface area contributed by atoms with Gasteiger partial charge in [0.15, 0.2) is 0 Å². The molecule has 0 saturated carbocycles. The van der Waals surface area contributed by atoms with Crippen LogP contribution in [0.25, 0.3) is 5.57 Å². The zero-order chi connectivity index (χ0) is 17.7. The molecule has 1 aromatic rings. The number of hydrogen-bond acceptors (Lipinski definition) is 5. The number of ether oxygens (including phenoxy) is 1. The summed E-state index contributed by atoms with van der Waals surface area (Å²) in [6, 6.07) is 5.63. The van der Waals surface area contributed by atoms with Crippen LogP contribution < -0.4 is 4.90 Å². The number of thioether (sulfide) groups is 1. The number of benzene rings is 1. The number of amides is 2. The van der Waals surface area contributed by atoms with Crippen molar-refractivity contribution < 1.29 is 14.3 Å². The van der Waals surface area contributed by atoms with E-state index in [1.807, 2.05) is 18.2 Å². The highest BCUT2D eigenvalue weighted by Gasteiger charge is 2.42. The summed E-state index contributed by atoms with van der Waals surface area (Å²) in [5.41, 5.74) is 2.00. The van der Waals surface area contributed by atoms with Crippen molar-refractivity contribution in [3.05, 3.63) is 33.1 Å². The third kappa shape index (κ3) is 2.85. The first-order chi connectivity index (χ1) is 12.0. The summed E-state index contributed by atoms with van der Waals surface area (Å²) in [6.07, 6.45) is 1.96. The second kappa shape index (κ2) is 6.50. The molecule has 1 aromatic carbocycles. The molecular weight excluding hydrogens is 424 g/mol. The van der Waals surface area contributed by atoms with Gasteiger partial charge in [-0.1, -0.05) is 39.9 Å². The molecule has 1 unspecified atom stereocenters. The van der Waals surface area contributed by atoms with Crippen LogP contribution in [0.2, 0.25) is 0 Å². The number of rotatable bonds is 2. The molecule has 0 N–H and O–H groups in total. The summed E-state index contributed by atoms with van der Waals surface area (Å²) >= 11 is 10.0. The Morgan fingerprint density at radius 2 is 2.16 bits per heavy atom. The highest BCUT2D eigenvalue weighted by molar-refractivity contribution is 9.10. The second-order valence-electron chi connectivity index (χ2n) is 6.15. The van der Waals surface area contributed by atoms with Crippen molar-refractivity contribution in [3.8, 4) is 0 Å². The standard InChI is InChI=1S/C17H15BrN2O3S2/c1-19-12-5-4-9(18)7-11(12)13(15(19)21)14-16(22)20(17(24)25-14)8-10-3-2-6-23-10/h4-5,7,10H,2-3,6,8H2,1H3/b14-13-. The average molecular weight is 439 g/mol. The number of carbonyl (C=O) groups excluding carboxylic acids is 2. The van der Waals surface area contributed by atoms with Crippen LogP contribution in [0.3, 0.4) is 0 Å². The summed E-state index contributed by atoms with van der Waals surface area (Å²) < 4.78 is 6.97. The van der Waals surface area contributed by atoms with Crippen LogP contribution in [0, 0.1) is 0 Å². The van der Waals surface area contributed by atoms with Gasteiger partial charge >= 0.3 is 0 Å². The molecule has 3 heterocycles. The number of hydrogen-bond donors (Lipinski definition) is 0. The zero-order valence-corrected chi connectivity index (χ0v) is 16.7. The molecule has 8 heteroatoms. The first kappa shape index (κ1) is 17.2. The van der Waals surface area contributed by atoms with Gasteiger partial charge in [0.05, 0.1) is 28.8 Å². The molecule has 0 aromatic heterocycles. The largest absolute Gasteiger partial charge is 0.376 e. The van der Waals surface area contributed by atoms with Crippen molar-refractivity contribution in [2.75, 3.05) is 25.1 Å². The summed E-state index contributed by atoms with van der Waals surface area (Å²) in [7, 11) is 1.72. The number of carbonyl (C=O) groups is 2. The highest BCUT2D eigenvalue weighted by atomic mass is 79.9. The van der Waals surface area contributed by atoms with Gasteiger partial charge in [-0.05, 0) is 31.0 Å². The Morgan fingerprint density at radius 1 is 1.36 bits per heavy atom. The summed E-state index contributed by atoms with van der Waals surface area (Å²) in [4.78, 5) is 29.3. The molecule has 5 nitrogen and oxygen atoms in total. The normalized spacial score (nSPS) is 26.2. The topological polar surface area (TPSA) is 49.9 Å². The number of anilines is 1. The van der Waals surface area contributed by atoms with Crippen molar-refractivity contribution >= 4 is 67.3 Å². The predicted octanol–water partition coefficient (Wildman–Crippen LogP) is 3.18. The number of fused-ring (bicyclic) bond motifs is 1. The molecule has 2 fully saturated rings. The van der Waals surface area contributed by atoms with Crippen LogP contribution in [0.5, 0.6) is 0 Å². The van der Waals surface area contributed by atoms with Crippen molar-refractivity contribution in [1.82, 2.24) is 4.90 Å². The number of likely N-dealkylation sites (N-methyl/N-ethyl adjacent to an activating group) is 1. The highest BCUT2D eigenvalue weighted by Crippen LogP contribution is 2.45. The molecule has 0 aliphatic carbocycles. The minimum absolute atomic E-state index is 0.0234. The lowest BCUT2D eigenvalue weighted by molar-refractivity contribution is -0.123. The van der Waals surface area contributed by atoms with E-state index in [-0.39, 0.29) is 17.9 Å². The molecule has 3 aliphatic rings. The molecule has 1 atom stereocenters. The van der Waals surface area contributed by atoms with E-state index >= 15 is 0 Å². The quantitative estimate of drug-likeness (QED) is 0.524. The Hall–Kier alpha value is -1.22. The van der Waals surface area contributed by atoms with Crippen LogP contribution in [0.4, 0.5) is 5.69 Å². The monoisotopic (exact) mass is 438 g/mol. The van der Waals surface area contributed by atoms with Gasteiger partial charge in [0.25, 0.3) is 11.8 Å². The van der Waals surface area contributed by atoms with Gasteiger partial charge in [-0.3, -0.25) is 14.5 Å². The van der Waals surface area contributed by atoms with Gasteiger partial charge in [-0.25, -0.2) is 0 Å². The Balaban J connectivity index is 1.73. The lowest BCUT2D eigenvalue weighted by Crippen LogP contribution is -2.35. The molecule has 130 valence electrons. The van der Waals surface area contributed by atoms with Crippen molar-refractivity contribution in [2.45, 2.75) is 18.9 Å². The molecule has 3 aliphatic heterocycles. The minimum atomic E-state index is -0.199. The molecule has 4 rings (SSSR count). The van der Waals surface area contributed by atoms with E-state index in [1.54, 1.807) is 16.8 Å². The third-order valence-corrected chi connectivity index (χ3v) is 6.54. The second-order valence-corrected chi connectivity index (χ2v) is 8.71. The van der Waals surface area contributed by atoms with Crippen LogP contribution in [0.15, 0.2) is 27.6 Å². The summed E-state index contributed by atoms with van der Waals surface area (Å²) in [6.45, 7) is 1.18. The SMILES string of the molecule is CN1C(=O)/C(=C2\SC(=S)N(CC3CCCO3)C2=O)c2cc(Br)ccc21. The fraction of sp³-hybridized carbons (Fsp3) is 0.353. The molecule has 25 heavy (non-hydrogen) atoms. The van der Waals surface area contributed by atoms with E-state index in [4.69, 9.17) is 17.0 Å². The first-order valence-corrected chi connectivity index (χ1v) is 9.96. The van der Waals surface area contributed by atoms with E-state index in [9.17, 15) is 9.59 Å². The molecule has 2 amide bonds. The lowest BCUT2D eigenvalue weighted by atomic mass is 10.1. The van der Waals surface area contributed by atoms with Crippen molar-refractivity contribution in [1.29, 1.82) is 0 Å². The molecule has 2 saturated heterocycles. The van der Waals surface area contributed by atoms with Gasteiger partial charge in [0.1, 0.15) is 4.32 Å². The molecule has 0 spiro atoms. The first-order valence-electron chi connectivity index (χ1n) is 7.95. The van der Waals surface area contributed by atoms with Crippen LogP contribution in [0.1, 0.15) is 18.4 Å². The third-order valence-electron chi connectivity index (χ3n) is 4.59. The smallest absolute Gasteiger partial charge is 0.267 e. The van der Waals surface area contributed by atoms with Gasteiger partial charge in [0.2, 0.25) is 0 Å². The predicted molar refractivity (Wildman–Crippen MR) is 105 cm³/mol. The fourth-order valence-electron chi connectivity index (χ4n) is 3.31. The van der Waals surface area contributed by atoms with E-state index in [1.165, 1.54) is 11.8 Å². The van der Waals surface area contributed by atoms with Gasteiger partial charge < -0.3 is 9.64 Å². The summed E-state index contributed by atoms with van der Waals surface area (Å²) in [5, 5.41) is 0. The van der Waals surface area contributed by atoms with E-state index in [0.29, 0.717) is 21.3 Å². The van der Waals surface area contributed by atoms with Gasteiger partial charge in [-0.2, -0.15) is 0 Å². The Kier molecular flexibility index (Phi) is 4.47. The number of nitrogens with zero attached hydrogens (tertiary/aromatic N) is 2. The molecular formula is C17H15BrN2O3S2. The number of thiocarbonyl (C=S) groups is 1. The molecule has 0 radical (unpaired) electrons. The van der Waals surface area contributed by atoms with Crippen LogP contribution in [-0.4, -0.2) is 47.3 Å². The Labute approximate surface area is 163 Å². The van der Waals surface area contributed by atoms with Crippen LogP contribution in [-0.2, 0) is 14.3 Å². The number of halogens is 1. The van der Waals surface area contributed by atoms with Gasteiger partial charge in [0, 0.05) is 23.7 Å². The maximum absolute atomic E-state index is 13.0. The molecule has 0 bridgehead atoms. The van der Waals surface area contributed by atoms with E-state index < -0.39 is 0 Å². The Morgan fingerprint density at radius 3 is 2.88 bits per heavy atom. The fourth-order valence-corrected chi connectivity index (χ4v) is 5.02. The van der Waals surface area contributed by atoms with Crippen LogP contribution >= 0.6 is 39.9 Å². The zero-order valence-electron chi connectivity index (χ0n) is 13.5. The van der Waals surface area contributed by atoms with E-state index in [2.05, 4.69) is 15.9 Å². The van der Waals surface area contributed by atoms with E-state index in [0.717, 1.165) is 35.2 Å². The average Bonchev–Trinajstić information content (AvgIpc) is 3.24. The van der Waals surface area contributed by atoms with Crippen molar-refractivity contribution in [3.63, 3.8) is 0 Å². The lowest BCUT2D eigenvalue weighted by Gasteiger charge is -2.18. The summed E-state index contributed by atoms with van der Waals surface area (Å²) in [5.74, 6) is -0.374.